The molecule has 2 fully saturated rings. The molecular formula is C22H40O5. The zero-order chi connectivity index (χ0) is 20.2. The van der Waals surface area contributed by atoms with Crippen LogP contribution >= 0.6 is 0 Å². The van der Waals surface area contributed by atoms with E-state index in [2.05, 4.69) is 27.7 Å². The van der Waals surface area contributed by atoms with Crippen molar-refractivity contribution in [2.45, 2.75) is 86.0 Å². The number of ether oxygens (including phenoxy) is 3. The summed E-state index contributed by atoms with van der Waals surface area (Å²) in [6, 6.07) is 0. The minimum Gasteiger partial charge on any atom is -0.465 e. The van der Waals surface area contributed by atoms with Gasteiger partial charge in [-0.3, -0.25) is 4.79 Å². The molecule has 1 aliphatic heterocycles. The van der Waals surface area contributed by atoms with Gasteiger partial charge in [-0.15, -0.1) is 0 Å². The van der Waals surface area contributed by atoms with Crippen LogP contribution in [-0.2, 0) is 19.0 Å². The summed E-state index contributed by atoms with van der Waals surface area (Å²) in [6.45, 7) is 14.4. The predicted molar refractivity (Wildman–Crippen MR) is 105 cm³/mol. The number of carbonyl (C=O) groups excluding carboxylic acids is 1. The number of carbonyl (C=O) groups is 1. The van der Waals surface area contributed by atoms with Gasteiger partial charge in [0.15, 0.2) is 6.29 Å². The Morgan fingerprint density at radius 2 is 1.74 bits per heavy atom. The number of aliphatic hydroxyl groups is 1. The number of aliphatic hydroxyl groups excluding tert-OH is 1. The van der Waals surface area contributed by atoms with Gasteiger partial charge >= 0.3 is 5.97 Å². The molecule has 0 amide bonds. The summed E-state index contributed by atoms with van der Waals surface area (Å²) in [4.78, 5) is 12.3. The summed E-state index contributed by atoms with van der Waals surface area (Å²) in [5.41, 5.74) is -0.270. The van der Waals surface area contributed by atoms with Crippen molar-refractivity contribution in [1.82, 2.24) is 0 Å². The van der Waals surface area contributed by atoms with Crippen LogP contribution < -0.4 is 0 Å². The maximum Gasteiger partial charge on any atom is 0.305 e. The van der Waals surface area contributed by atoms with Crippen molar-refractivity contribution in [2.24, 2.45) is 28.6 Å². The first kappa shape index (κ1) is 22.6. The Bertz CT molecular complexity index is 476. The average Bonchev–Trinajstić information content (AvgIpc) is 2.60. The van der Waals surface area contributed by atoms with E-state index in [1.165, 1.54) is 0 Å². The molecule has 1 heterocycles. The van der Waals surface area contributed by atoms with Crippen LogP contribution in [-0.4, -0.2) is 43.3 Å². The van der Waals surface area contributed by atoms with Gasteiger partial charge in [-0.05, 0) is 48.9 Å². The topological polar surface area (TPSA) is 65.0 Å². The van der Waals surface area contributed by atoms with Crippen LogP contribution in [0.4, 0.5) is 0 Å². The van der Waals surface area contributed by atoms with Crippen LogP contribution in [0.1, 0.15) is 73.6 Å². The molecule has 0 aromatic heterocycles. The molecule has 0 bridgehead atoms. The Morgan fingerprint density at radius 1 is 1.11 bits per heavy atom. The molecule has 0 aromatic rings. The third-order valence-corrected chi connectivity index (χ3v) is 6.23. The van der Waals surface area contributed by atoms with E-state index in [0.29, 0.717) is 32.2 Å². The van der Waals surface area contributed by atoms with Crippen LogP contribution in [0.15, 0.2) is 0 Å². The molecule has 0 aromatic carbocycles. The lowest BCUT2D eigenvalue weighted by Gasteiger charge is -2.44. The molecule has 1 saturated heterocycles. The molecule has 2 rings (SSSR count). The van der Waals surface area contributed by atoms with Gasteiger partial charge in [-0.2, -0.15) is 0 Å². The van der Waals surface area contributed by atoms with Gasteiger partial charge in [-0.25, -0.2) is 0 Å². The Hall–Kier alpha value is -0.650. The number of rotatable bonds is 6. The quantitative estimate of drug-likeness (QED) is 0.696. The maximum absolute atomic E-state index is 12.3. The summed E-state index contributed by atoms with van der Waals surface area (Å²) >= 11 is 0. The molecule has 0 radical (unpaired) electrons. The van der Waals surface area contributed by atoms with Gasteiger partial charge in [0.05, 0.1) is 19.3 Å². The van der Waals surface area contributed by atoms with Crippen LogP contribution in [0.3, 0.4) is 0 Å². The van der Waals surface area contributed by atoms with Gasteiger partial charge in [0.1, 0.15) is 6.61 Å². The molecule has 0 spiro atoms. The van der Waals surface area contributed by atoms with Crippen LogP contribution in [0.2, 0.25) is 0 Å². The lowest BCUT2D eigenvalue weighted by atomic mass is 9.63. The number of esters is 1. The summed E-state index contributed by atoms with van der Waals surface area (Å²) in [5, 5.41) is 10.6. The van der Waals surface area contributed by atoms with E-state index in [0.717, 1.165) is 25.7 Å². The van der Waals surface area contributed by atoms with Crippen molar-refractivity contribution >= 4 is 5.97 Å². The zero-order valence-electron chi connectivity index (χ0n) is 18.1. The first-order valence-corrected chi connectivity index (χ1v) is 10.6. The van der Waals surface area contributed by atoms with E-state index < -0.39 is 0 Å². The van der Waals surface area contributed by atoms with Gasteiger partial charge < -0.3 is 19.3 Å². The Morgan fingerprint density at radius 3 is 2.33 bits per heavy atom. The zero-order valence-corrected chi connectivity index (χ0v) is 18.1. The molecule has 5 heteroatoms. The Labute approximate surface area is 165 Å². The Kier molecular flexibility index (Phi) is 7.74. The smallest absolute Gasteiger partial charge is 0.305 e. The van der Waals surface area contributed by atoms with E-state index in [1.807, 2.05) is 13.8 Å². The van der Waals surface area contributed by atoms with Crippen molar-refractivity contribution in [1.29, 1.82) is 0 Å². The summed E-state index contributed by atoms with van der Waals surface area (Å²) in [7, 11) is 0. The lowest BCUT2D eigenvalue weighted by molar-refractivity contribution is -0.237. The predicted octanol–water partition coefficient (Wildman–Crippen LogP) is 4.17. The second kappa shape index (κ2) is 9.23. The standard InChI is InChI=1S/C22H40O5/c1-15-12-16(13-17(19(15)24)21(2,3)4)8-9-18(23)27-14-22(5,6)20-25-10-7-11-26-20/h15-17,19-20,24H,7-14H2,1-6H3. The van der Waals surface area contributed by atoms with Crippen molar-refractivity contribution in [2.75, 3.05) is 19.8 Å². The van der Waals surface area contributed by atoms with Gasteiger partial charge in [0, 0.05) is 11.8 Å². The van der Waals surface area contributed by atoms with Crippen molar-refractivity contribution in [3.05, 3.63) is 0 Å². The van der Waals surface area contributed by atoms with E-state index in [-0.39, 0.29) is 41.0 Å². The molecule has 2 aliphatic rings. The van der Waals surface area contributed by atoms with Crippen LogP contribution in [0.5, 0.6) is 0 Å². The second-order valence-electron chi connectivity index (χ2n) is 10.4. The van der Waals surface area contributed by atoms with Crippen LogP contribution in [0.25, 0.3) is 0 Å². The second-order valence-corrected chi connectivity index (χ2v) is 10.4. The largest absolute Gasteiger partial charge is 0.465 e. The highest BCUT2D eigenvalue weighted by Crippen LogP contribution is 2.44. The van der Waals surface area contributed by atoms with Crippen LogP contribution in [0, 0.1) is 28.6 Å². The molecule has 5 nitrogen and oxygen atoms in total. The highest BCUT2D eigenvalue weighted by molar-refractivity contribution is 5.69. The fraction of sp³-hybridized carbons (Fsp3) is 0.955. The third-order valence-electron chi connectivity index (χ3n) is 6.23. The summed E-state index contributed by atoms with van der Waals surface area (Å²) < 4.78 is 16.9. The fourth-order valence-electron chi connectivity index (χ4n) is 4.43. The highest BCUT2D eigenvalue weighted by Gasteiger charge is 2.40. The lowest BCUT2D eigenvalue weighted by Crippen LogP contribution is -2.42. The molecule has 4 unspecified atom stereocenters. The van der Waals surface area contributed by atoms with Crippen molar-refractivity contribution < 1.29 is 24.1 Å². The van der Waals surface area contributed by atoms with Gasteiger partial charge in [0.2, 0.25) is 0 Å². The Balaban J connectivity index is 1.77. The average molecular weight is 385 g/mol. The maximum atomic E-state index is 12.3. The third kappa shape index (κ3) is 6.43. The molecular weight excluding hydrogens is 344 g/mol. The van der Waals surface area contributed by atoms with E-state index >= 15 is 0 Å². The van der Waals surface area contributed by atoms with Gasteiger partial charge in [-0.1, -0.05) is 41.5 Å². The summed E-state index contributed by atoms with van der Waals surface area (Å²) in [5.74, 6) is 0.883. The first-order chi connectivity index (χ1) is 12.5. The molecule has 1 saturated carbocycles. The summed E-state index contributed by atoms with van der Waals surface area (Å²) in [6.07, 6.45) is 3.59. The SMILES string of the molecule is CC1CC(CCC(=O)OCC(C)(C)C2OCCCO2)CC(C(C)(C)C)C1O. The van der Waals surface area contributed by atoms with E-state index in [4.69, 9.17) is 14.2 Å². The highest BCUT2D eigenvalue weighted by atomic mass is 16.7. The number of hydrogen-bond donors (Lipinski definition) is 1. The van der Waals surface area contributed by atoms with E-state index in [1.54, 1.807) is 0 Å². The first-order valence-electron chi connectivity index (χ1n) is 10.6. The molecule has 158 valence electrons. The molecule has 1 N–H and O–H groups in total. The van der Waals surface area contributed by atoms with E-state index in [9.17, 15) is 9.90 Å². The molecule has 27 heavy (non-hydrogen) atoms. The minimum atomic E-state index is -0.350. The van der Waals surface area contributed by atoms with Crippen molar-refractivity contribution in [3.63, 3.8) is 0 Å². The number of hydrogen-bond acceptors (Lipinski definition) is 5. The van der Waals surface area contributed by atoms with Crippen molar-refractivity contribution in [3.8, 4) is 0 Å². The van der Waals surface area contributed by atoms with Gasteiger partial charge in [0.25, 0.3) is 0 Å². The molecule has 4 atom stereocenters. The normalized spacial score (nSPS) is 30.9. The monoisotopic (exact) mass is 384 g/mol. The minimum absolute atomic E-state index is 0.0802. The fourth-order valence-corrected chi connectivity index (χ4v) is 4.43. The molecule has 1 aliphatic carbocycles.